The standard InChI is InChI=1S/C26H25F3N2O2S3.C22H15F3N2O2.C4H8O/c1-34-26(35-2,36-3)24(32)20-7-5-4-6-19(20)16-8-13-21-22(14-16)31-23(30-21)15-33-18-11-9-17(10-12-18)25(27,28)29;23-22(24,25)16-6-8-17(9-7-16)29-13-21-26-19-10-5-14(11-20(19)27-21)18-4-2-1-3-15(18)12-28;1-2-4-5-3-1/h4-14,24,32H,15H2,1-3H3,(H,30,31);1-12H,13H2,(H,26,27);1-4H2. The molecule has 9 nitrogen and oxygen atoms in total. The topological polar surface area (TPSA) is 122 Å². The van der Waals surface area contributed by atoms with Crippen LogP contribution in [0.2, 0.25) is 0 Å². The number of fused-ring (bicyclic) bond motifs is 2. The quantitative estimate of drug-likeness (QED) is 0.0551. The van der Waals surface area contributed by atoms with Crippen LogP contribution in [0.4, 0.5) is 26.3 Å². The molecule has 70 heavy (non-hydrogen) atoms. The Kier molecular flexibility index (Phi) is 17.3. The molecule has 366 valence electrons. The summed E-state index contributed by atoms with van der Waals surface area (Å²) < 4.78 is 91.8. The molecular weight excluding hydrogens is 971 g/mol. The van der Waals surface area contributed by atoms with Gasteiger partial charge in [-0.05, 0) is 132 Å². The monoisotopic (exact) mass is 1020 g/mol. The summed E-state index contributed by atoms with van der Waals surface area (Å²) in [5.41, 5.74) is 6.61. The fourth-order valence-corrected chi connectivity index (χ4v) is 10.6. The van der Waals surface area contributed by atoms with E-state index < -0.39 is 33.0 Å². The van der Waals surface area contributed by atoms with Crippen LogP contribution in [-0.2, 0) is 30.3 Å². The van der Waals surface area contributed by atoms with E-state index in [0.29, 0.717) is 28.7 Å². The van der Waals surface area contributed by atoms with Gasteiger partial charge in [0.2, 0.25) is 0 Å². The van der Waals surface area contributed by atoms with Gasteiger partial charge < -0.3 is 29.3 Å². The van der Waals surface area contributed by atoms with E-state index in [2.05, 4.69) is 19.9 Å². The van der Waals surface area contributed by atoms with Gasteiger partial charge in [0.15, 0.2) is 6.29 Å². The average molecular weight is 1020 g/mol. The third-order valence-electron chi connectivity index (χ3n) is 11.2. The van der Waals surface area contributed by atoms with Gasteiger partial charge in [0.1, 0.15) is 45.9 Å². The predicted octanol–water partition coefficient (Wildman–Crippen LogP) is 14.0. The molecule has 1 unspecified atom stereocenters. The zero-order valence-corrected chi connectivity index (χ0v) is 40.5. The van der Waals surface area contributed by atoms with E-state index in [1.165, 1.54) is 37.1 Å². The maximum absolute atomic E-state index is 12.8. The summed E-state index contributed by atoms with van der Waals surface area (Å²) in [7, 11) is 0. The minimum atomic E-state index is -4.38. The molecule has 0 amide bonds. The largest absolute Gasteiger partial charge is 0.486 e. The summed E-state index contributed by atoms with van der Waals surface area (Å²) in [6.45, 7) is 2.17. The highest BCUT2D eigenvalue weighted by molar-refractivity contribution is 8.33. The lowest BCUT2D eigenvalue weighted by molar-refractivity contribution is -0.138. The molecule has 3 N–H and O–H groups in total. The number of nitrogens with zero attached hydrogens (tertiary/aromatic N) is 2. The van der Waals surface area contributed by atoms with Gasteiger partial charge in [-0.2, -0.15) is 26.3 Å². The van der Waals surface area contributed by atoms with Crippen LogP contribution in [0.3, 0.4) is 0 Å². The van der Waals surface area contributed by atoms with Crippen LogP contribution in [0.15, 0.2) is 133 Å². The number of thioether (sulfide) groups is 3. The lowest BCUT2D eigenvalue weighted by Gasteiger charge is -2.34. The molecule has 1 aliphatic rings. The van der Waals surface area contributed by atoms with Crippen molar-refractivity contribution >= 4 is 63.6 Å². The van der Waals surface area contributed by atoms with Crippen LogP contribution >= 0.6 is 35.3 Å². The highest BCUT2D eigenvalue weighted by Gasteiger charge is 2.38. The molecule has 1 saturated heterocycles. The second kappa shape index (κ2) is 23.3. The molecule has 8 aromatic rings. The Morgan fingerprint density at radius 3 is 1.50 bits per heavy atom. The van der Waals surface area contributed by atoms with Crippen molar-refractivity contribution in [3.05, 3.63) is 167 Å². The van der Waals surface area contributed by atoms with Crippen molar-refractivity contribution in [1.29, 1.82) is 0 Å². The molecule has 0 saturated carbocycles. The van der Waals surface area contributed by atoms with Gasteiger partial charge in [0.25, 0.3) is 0 Å². The van der Waals surface area contributed by atoms with Crippen LogP contribution in [0, 0.1) is 0 Å². The molecule has 1 atom stereocenters. The average Bonchev–Trinajstić information content (AvgIpc) is 4.18. The molecule has 9 rings (SSSR count). The minimum absolute atomic E-state index is 0.0836. The second-order valence-corrected chi connectivity index (χ2v) is 19.6. The molecule has 0 spiro atoms. The maximum atomic E-state index is 12.8. The van der Waals surface area contributed by atoms with Crippen molar-refractivity contribution in [2.75, 3.05) is 32.0 Å². The summed E-state index contributed by atoms with van der Waals surface area (Å²) in [5, 5.41) is 11.4. The van der Waals surface area contributed by atoms with E-state index in [4.69, 9.17) is 14.2 Å². The van der Waals surface area contributed by atoms with Crippen LogP contribution in [0.1, 0.15) is 57.6 Å². The number of hydrogen-bond acceptors (Lipinski definition) is 10. The second-order valence-electron chi connectivity index (χ2n) is 15.7. The number of alkyl halides is 6. The van der Waals surface area contributed by atoms with Crippen LogP contribution < -0.4 is 9.47 Å². The van der Waals surface area contributed by atoms with E-state index in [1.54, 1.807) is 47.4 Å². The van der Waals surface area contributed by atoms with Gasteiger partial charge in [-0.25, -0.2) is 9.97 Å². The predicted molar refractivity (Wildman–Crippen MR) is 268 cm³/mol. The number of aldehydes is 1. The molecule has 1 aliphatic heterocycles. The number of nitrogens with one attached hydrogen (secondary N) is 2. The van der Waals surface area contributed by atoms with E-state index in [-0.39, 0.29) is 13.2 Å². The van der Waals surface area contributed by atoms with E-state index in [9.17, 15) is 36.2 Å². The van der Waals surface area contributed by atoms with Crippen molar-refractivity contribution in [2.24, 2.45) is 0 Å². The van der Waals surface area contributed by atoms with Crippen molar-refractivity contribution < 1.29 is 50.5 Å². The van der Waals surface area contributed by atoms with Crippen molar-refractivity contribution in [2.45, 2.75) is 47.9 Å². The zero-order chi connectivity index (χ0) is 49.9. The first-order valence-electron chi connectivity index (χ1n) is 21.8. The van der Waals surface area contributed by atoms with Crippen molar-refractivity contribution in [3.8, 4) is 33.8 Å². The highest BCUT2D eigenvalue weighted by Crippen LogP contribution is 2.53. The van der Waals surface area contributed by atoms with E-state index in [0.717, 1.165) is 93.6 Å². The van der Waals surface area contributed by atoms with Gasteiger partial charge >= 0.3 is 12.4 Å². The Labute approximate surface area is 413 Å². The summed E-state index contributed by atoms with van der Waals surface area (Å²) in [6.07, 6.45) is -0.0746. The first kappa shape index (κ1) is 51.9. The summed E-state index contributed by atoms with van der Waals surface area (Å²) in [4.78, 5) is 26.6. The molecule has 2 aromatic heterocycles. The Balaban J connectivity index is 0.000000190. The number of H-pyrrole nitrogens is 2. The van der Waals surface area contributed by atoms with Gasteiger partial charge in [-0.3, -0.25) is 4.79 Å². The molecule has 6 aromatic carbocycles. The number of carbonyl (C=O) groups is 1. The Morgan fingerprint density at radius 1 is 0.629 bits per heavy atom. The number of carbonyl (C=O) groups excluding carboxylic acids is 1. The number of ether oxygens (including phenoxy) is 3. The summed E-state index contributed by atoms with van der Waals surface area (Å²) in [6, 6.07) is 35.7. The molecule has 3 heterocycles. The number of aromatic nitrogens is 4. The van der Waals surface area contributed by atoms with Crippen molar-refractivity contribution in [3.63, 3.8) is 0 Å². The summed E-state index contributed by atoms with van der Waals surface area (Å²) in [5.74, 6) is 1.74. The molecule has 18 heteroatoms. The van der Waals surface area contributed by atoms with Crippen LogP contribution in [0.25, 0.3) is 44.3 Å². The lowest BCUT2D eigenvalue weighted by atomic mass is 9.96. The Bertz CT molecular complexity index is 2960. The van der Waals surface area contributed by atoms with E-state index >= 15 is 0 Å². The highest BCUT2D eigenvalue weighted by atomic mass is 32.3. The molecule has 0 bridgehead atoms. The smallest absolute Gasteiger partial charge is 0.416 e. The molecular formula is C52H48F6N4O5S3. The number of halogens is 6. The number of aromatic amines is 2. The van der Waals surface area contributed by atoms with Gasteiger partial charge in [0.05, 0.1) is 33.2 Å². The van der Waals surface area contributed by atoms with E-state index in [1.807, 2.05) is 91.6 Å². The number of aliphatic hydroxyl groups excluding tert-OH is 1. The lowest BCUT2D eigenvalue weighted by Crippen LogP contribution is -2.25. The fraction of sp³-hybridized carbons (Fsp3) is 0.250. The molecule has 0 radical (unpaired) electrons. The third-order valence-corrected chi connectivity index (χ3v) is 16.5. The number of aliphatic hydroxyl groups is 1. The van der Waals surface area contributed by atoms with Gasteiger partial charge in [-0.15, -0.1) is 35.3 Å². The third kappa shape index (κ3) is 12.9. The SMILES string of the molecule is C1CCOC1.CSC(SC)(SC)C(O)c1ccccc1-c1ccc2nc(COc3ccc(C(F)(F)F)cc3)[nH]c2c1.O=Cc1ccccc1-c1ccc2nc(COc3ccc(C(F)(F)F)cc3)[nH]c2c1. The zero-order valence-electron chi connectivity index (χ0n) is 38.1. The van der Waals surface area contributed by atoms with Crippen LogP contribution in [-0.4, -0.2) is 66.7 Å². The first-order chi connectivity index (χ1) is 33.6. The summed E-state index contributed by atoms with van der Waals surface area (Å²) >= 11 is 4.88. The first-order valence-corrected chi connectivity index (χ1v) is 25.4. The van der Waals surface area contributed by atoms with Gasteiger partial charge in [0, 0.05) is 18.8 Å². The molecule has 0 aliphatic carbocycles. The van der Waals surface area contributed by atoms with Gasteiger partial charge in [-0.1, -0.05) is 60.7 Å². The fourth-order valence-electron chi connectivity index (χ4n) is 7.53. The Hall–Kier alpha value is -5.92. The molecule has 1 fully saturated rings. The normalized spacial score (nSPS) is 13.3. The van der Waals surface area contributed by atoms with Crippen LogP contribution in [0.5, 0.6) is 11.5 Å². The number of imidazole rings is 2. The number of rotatable bonds is 14. The minimum Gasteiger partial charge on any atom is -0.486 e. The number of benzene rings is 6. The Morgan fingerprint density at radius 2 is 1.07 bits per heavy atom. The maximum Gasteiger partial charge on any atom is 0.416 e. The number of hydrogen-bond donors (Lipinski definition) is 3. The van der Waals surface area contributed by atoms with Crippen molar-refractivity contribution in [1.82, 2.24) is 19.9 Å².